The summed E-state index contributed by atoms with van der Waals surface area (Å²) >= 11 is 0. The molecule has 0 saturated heterocycles. The molecule has 0 aromatic heterocycles. The van der Waals surface area contributed by atoms with Crippen molar-refractivity contribution < 1.29 is 0 Å². The highest BCUT2D eigenvalue weighted by atomic mass is 14.2. The van der Waals surface area contributed by atoms with E-state index in [1.54, 1.807) is 0 Å². The molecule has 0 unspecified atom stereocenters. The monoisotopic (exact) mass is 135 g/mol. The Morgan fingerprint density at radius 3 is 2.60 bits per heavy atom. The van der Waals surface area contributed by atoms with Crippen LogP contribution in [0.3, 0.4) is 0 Å². The molecule has 0 aromatic rings. The first-order chi connectivity index (χ1) is 4.77. The summed E-state index contributed by atoms with van der Waals surface area (Å²) in [5.41, 5.74) is 1.34. The molecule has 0 N–H and O–H groups in total. The van der Waals surface area contributed by atoms with E-state index in [-0.39, 0.29) is 0 Å². The van der Waals surface area contributed by atoms with E-state index in [0.717, 1.165) is 12.8 Å². The standard InChI is InChI=1S/C9H13N/c1-9(2)7-5-3-4-6-8-10/h4,6-7H,3,5H2,1-2H3/b6-4+. The summed E-state index contributed by atoms with van der Waals surface area (Å²) in [5, 5.41) is 8.12. The van der Waals surface area contributed by atoms with E-state index in [1.165, 1.54) is 11.6 Å². The summed E-state index contributed by atoms with van der Waals surface area (Å²) in [6.45, 7) is 4.15. The summed E-state index contributed by atoms with van der Waals surface area (Å²) in [6, 6.07) is 1.95. The van der Waals surface area contributed by atoms with Gasteiger partial charge >= 0.3 is 0 Å². The number of rotatable bonds is 3. The molecular formula is C9H13N. The predicted molar refractivity (Wildman–Crippen MR) is 43.4 cm³/mol. The second-order valence-electron chi connectivity index (χ2n) is 2.39. The second kappa shape index (κ2) is 6.10. The fourth-order valence-electron chi connectivity index (χ4n) is 0.604. The molecule has 0 rings (SSSR count). The van der Waals surface area contributed by atoms with Gasteiger partial charge < -0.3 is 0 Å². The molecule has 0 aliphatic rings. The Morgan fingerprint density at radius 1 is 1.40 bits per heavy atom. The molecule has 10 heavy (non-hydrogen) atoms. The number of nitrogens with zero attached hydrogens (tertiary/aromatic N) is 1. The van der Waals surface area contributed by atoms with E-state index in [0.29, 0.717) is 0 Å². The topological polar surface area (TPSA) is 23.8 Å². The van der Waals surface area contributed by atoms with Crippen molar-refractivity contribution in [3.8, 4) is 6.07 Å². The highest BCUT2D eigenvalue weighted by Gasteiger charge is 1.77. The number of hydrogen-bond donors (Lipinski definition) is 0. The summed E-state index contributed by atoms with van der Waals surface area (Å²) in [4.78, 5) is 0. The van der Waals surface area contributed by atoms with Crippen LogP contribution in [0, 0.1) is 11.3 Å². The summed E-state index contributed by atoms with van der Waals surface area (Å²) < 4.78 is 0. The lowest BCUT2D eigenvalue weighted by Gasteiger charge is -1.87. The van der Waals surface area contributed by atoms with Crippen LogP contribution in [0.2, 0.25) is 0 Å². The zero-order chi connectivity index (χ0) is 7.82. The van der Waals surface area contributed by atoms with Crippen molar-refractivity contribution in [2.45, 2.75) is 26.7 Å². The average molecular weight is 135 g/mol. The molecule has 0 aliphatic heterocycles. The van der Waals surface area contributed by atoms with Gasteiger partial charge in [0.05, 0.1) is 6.07 Å². The van der Waals surface area contributed by atoms with Gasteiger partial charge in [-0.2, -0.15) is 5.26 Å². The fourth-order valence-corrected chi connectivity index (χ4v) is 0.604. The Labute approximate surface area is 62.7 Å². The first kappa shape index (κ1) is 8.97. The van der Waals surface area contributed by atoms with Crippen molar-refractivity contribution in [2.75, 3.05) is 0 Å². The molecule has 0 aliphatic carbocycles. The third-order valence-corrected chi connectivity index (χ3v) is 1.08. The maximum absolute atomic E-state index is 8.12. The molecule has 54 valence electrons. The van der Waals surface area contributed by atoms with Crippen molar-refractivity contribution in [3.05, 3.63) is 23.8 Å². The molecule has 0 fully saturated rings. The van der Waals surface area contributed by atoms with Gasteiger partial charge in [-0.15, -0.1) is 0 Å². The first-order valence-electron chi connectivity index (χ1n) is 3.45. The van der Waals surface area contributed by atoms with E-state index in [4.69, 9.17) is 5.26 Å². The van der Waals surface area contributed by atoms with Crippen LogP contribution in [0.4, 0.5) is 0 Å². The third-order valence-electron chi connectivity index (χ3n) is 1.08. The van der Waals surface area contributed by atoms with Crippen LogP contribution in [0.1, 0.15) is 26.7 Å². The quantitative estimate of drug-likeness (QED) is 0.331. The van der Waals surface area contributed by atoms with Gasteiger partial charge in [-0.1, -0.05) is 17.7 Å². The minimum Gasteiger partial charge on any atom is -0.193 e. The molecule has 0 aromatic carbocycles. The summed E-state index contributed by atoms with van der Waals surface area (Å²) in [5.74, 6) is 0. The molecule has 0 spiro atoms. The van der Waals surface area contributed by atoms with Gasteiger partial charge in [-0.25, -0.2) is 0 Å². The molecule has 0 atom stereocenters. The minimum atomic E-state index is 0.971. The number of unbranched alkanes of at least 4 members (excludes halogenated alkanes) is 1. The zero-order valence-electron chi connectivity index (χ0n) is 6.59. The molecule has 0 bridgehead atoms. The third kappa shape index (κ3) is 6.97. The maximum atomic E-state index is 8.12. The van der Waals surface area contributed by atoms with Crippen LogP contribution in [-0.4, -0.2) is 0 Å². The maximum Gasteiger partial charge on any atom is 0.0908 e. The lowest BCUT2D eigenvalue weighted by atomic mass is 10.2. The van der Waals surface area contributed by atoms with Crippen molar-refractivity contribution in [3.63, 3.8) is 0 Å². The van der Waals surface area contributed by atoms with Crippen LogP contribution in [0.15, 0.2) is 23.8 Å². The van der Waals surface area contributed by atoms with Crippen molar-refractivity contribution in [2.24, 2.45) is 0 Å². The molecule has 0 heterocycles. The van der Waals surface area contributed by atoms with Crippen LogP contribution < -0.4 is 0 Å². The minimum absolute atomic E-state index is 0.971. The van der Waals surface area contributed by atoms with E-state index in [2.05, 4.69) is 19.9 Å². The van der Waals surface area contributed by atoms with Crippen molar-refractivity contribution in [1.29, 1.82) is 5.26 Å². The van der Waals surface area contributed by atoms with Crippen molar-refractivity contribution in [1.82, 2.24) is 0 Å². The SMILES string of the molecule is CC(C)=CCC/C=C/C#N. The molecule has 0 amide bonds. The molecule has 1 heteroatoms. The van der Waals surface area contributed by atoms with E-state index in [1.807, 2.05) is 12.1 Å². The van der Waals surface area contributed by atoms with Gasteiger partial charge in [0, 0.05) is 6.08 Å². The Kier molecular flexibility index (Phi) is 5.47. The van der Waals surface area contributed by atoms with Gasteiger partial charge in [0.25, 0.3) is 0 Å². The van der Waals surface area contributed by atoms with Gasteiger partial charge in [0.2, 0.25) is 0 Å². The Hall–Kier alpha value is -1.03. The highest BCUT2D eigenvalue weighted by Crippen LogP contribution is 1.97. The second-order valence-corrected chi connectivity index (χ2v) is 2.39. The number of allylic oxidation sites excluding steroid dienone is 4. The lowest BCUT2D eigenvalue weighted by Crippen LogP contribution is -1.67. The summed E-state index contributed by atoms with van der Waals surface area (Å²) in [6.07, 6.45) is 7.60. The van der Waals surface area contributed by atoms with Gasteiger partial charge in [-0.05, 0) is 26.7 Å². The van der Waals surface area contributed by atoms with Crippen LogP contribution >= 0.6 is 0 Å². The van der Waals surface area contributed by atoms with Crippen LogP contribution in [0.5, 0.6) is 0 Å². The highest BCUT2D eigenvalue weighted by molar-refractivity contribution is 5.02. The first-order valence-corrected chi connectivity index (χ1v) is 3.45. The van der Waals surface area contributed by atoms with Crippen LogP contribution in [0.25, 0.3) is 0 Å². The van der Waals surface area contributed by atoms with Crippen molar-refractivity contribution >= 4 is 0 Å². The average Bonchev–Trinajstić information content (AvgIpc) is 1.87. The Morgan fingerprint density at radius 2 is 2.10 bits per heavy atom. The molecule has 0 saturated carbocycles. The smallest absolute Gasteiger partial charge is 0.0908 e. The molecule has 1 nitrogen and oxygen atoms in total. The largest absolute Gasteiger partial charge is 0.193 e. The predicted octanol–water partition coefficient (Wildman–Crippen LogP) is 2.81. The van der Waals surface area contributed by atoms with Gasteiger partial charge in [0.15, 0.2) is 0 Å². The van der Waals surface area contributed by atoms with E-state index in [9.17, 15) is 0 Å². The zero-order valence-corrected chi connectivity index (χ0v) is 6.59. The Bertz CT molecular complexity index is 166. The van der Waals surface area contributed by atoms with Crippen LogP contribution in [-0.2, 0) is 0 Å². The fraction of sp³-hybridized carbons (Fsp3) is 0.444. The van der Waals surface area contributed by atoms with E-state index < -0.39 is 0 Å². The number of hydrogen-bond acceptors (Lipinski definition) is 1. The van der Waals surface area contributed by atoms with E-state index >= 15 is 0 Å². The summed E-state index contributed by atoms with van der Waals surface area (Å²) in [7, 11) is 0. The van der Waals surface area contributed by atoms with Gasteiger partial charge in [0.1, 0.15) is 0 Å². The molecular weight excluding hydrogens is 122 g/mol. The lowest BCUT2D eigenvalue weighted by molar-refractivity contribution is 1.03. The molecule has 0 radical (unpaired) electrons. The number of nitriles is 1. The van der Waals surface area contributed by atoms with Gasteiger partial charge in [-0.3, -0.25) is 0 Å². The Balaban J connectivity index is 3.32. The normalized spacial score (nSPS) is 9.30.